The van der Waals surface area contributed by atoms with Crippen LogP contribution in [0.4, 0.5) is 5.69 Å². The third kappa shape index (κ3) is 3.82. The van der Waals surface area contributed by atoms with Crippen molar-refractivity contribution in [1.29, 1.82) is 0 Å². The number of nitrogens with two attached hydrogens (primary N) is 1. The lowest BCUT2D eigenvalue weighted by molar-refractivity contribution is 0.607. The molecule has 0 aliphatic heterocycles. The summed E-state index contributed by atoms with van der Waals surface area (Å²) in [7, 11) is -3.24. The van der Waals surface area contributed by atoms with Gasteiger partial charge in [-0.15, -0.1) is 0 Å². The highest BCUT2D eigenvalue weighted by Crippen LogP contribution is 2.24. The highest BCUT2D eigenvalue weighted by atomic mass is 32.2. The van der Waals surface area contributed by atoms with Crippen molar-refractivity contribution in [2.45, 2.75) is 13.0 Å². The zero-order chi connectivity index (χ0) is 14.8. The van der Waals surface area contributed by atoms with Gasteiger partial charge in [-0.3, -0.25) is 4.72 Å². The van der Waals surface area contributed by atoms with E-state index >= 15 is 0 Å². The van der Waals surface area contributed by atoms with Crippen LogP contribution in [0.15, 0.2) is 48.5 Å². The molecule has 0 spiro atoms. The van der Waals surface area contributed by atoms with Gasteiger partial charge in [0, 0.05) is 11.7 Å². The van der Waals surface area contributed by atoms with E-state index in [1.54, 1.807) is 12.1 Å². The van der Waals surface area contributed by atoms with E-state index in [9.17, 15) is 8.42 Å². The maximum atomic E-state index is 11.2. The molecular formula is C15H18N2O2S. The Labute approximate surface area is 119 Å². The van der Waals surface area contributed by atoms with Crippen LogP contribution in [0.1, 0.15) is 18.5 Å². The fourth-order valence-electron chi connectivity index (χ4n) is 1.95. The Morgan fingerprint density at radius 1 is 1.05 bits per heavy atom. The summed E-state index contributed by atoms with van der Waals surface area (Å²) in [5, 5.41) is 0. The average molecular weight is 290 g/mol. The average Bonchev–Trinajstić information content (AvgIpc) is 2.38. The zero-order valence-electron chi connectivity index (χ0n) is 11.5. The van der Waals surface area contributed by atoms with Crippen molar-refractivity contribution >= 4 is 15.7 Å². The van der Waals surface area contributed by atoms with E-state index < -0.39 is 10.0 Å². The minimum atomic E-state index is -3.24. The van der Waals surface area contributed by atoms with Gasteiger partial charge in [-0.1, -0.05) is 30.3 Å². The van der Waals surface area contributed by atoms with Gasteiger partial charge in [-0.25, -0.2) is 8.42 Å². The Morgan fingerprint density at radius 3 is 2.25 bits per heavy atom. The van der Waals surface area contributed by atoms with Crippen LogP contribution in [0, 0.1) is 0 Å². The van der Waals surface area contributed by atoms with Crippen LogP contribution >= 0.6 is 0 Å². The van der Waals surface area contributed by atoms with Crippen LogP contribution in [0.5, 0.6) is 0 Å². The van der Waals surface area contributed by atoms with E-state index in [-0.39, 0.29) is 6.04 Å². The molecule has 0 heterocycles. The first-order valence-electron chi connectivity index (χ1n) is 6.29. The van der Waals surface area contributed by atoms with Gasteiger partial charge in [0.15, 0.2) is 0 Å². The molecule has 0 fully saturated rings. The first-order chi connectivity index (χ1) is 9.35. The van der Waals surface area contributed by atoms with Gasteiger partial charge in [0.1, 0.15) is 0 Å². The number of sulfonamides is 1. The van der Waals surface area contributed by atoms with Crippen LogP contribution in [0.2, 0.25) is 0 Å². The molecule has 0 saturated carbocycles. The first kappa shape index (κ1) is 14.6. The van der Waals surface area contributed by atoms with Crippen LogP contribution in [-0.4, -0.2) is 14.7 Å². The summed E-state index contributed by atoms with van der Waals surface area (Å²) >= 11 is 0. The SMILES string of the molecule is CC(N)c1cccc(-c2ccc(NS(C)(=O)=O)cc2)c1. The number of hydrogen-bond donors (Lipinski definition) is 2. The predicted molar refractivity (Wildman–Crippen MR) is 82.9 cm³/mol. The Bertz CT molecular complexity index is 692. The molecule has 0 aromatic heterocycles. The van der Waals surface area contributed by atoms with Gasteiger partial charge in [0.2, 0.25) is 10.0 Å². The quantitative estimate of drug-likeness (QED) is 0.909. The van der Waals surface area contributed by atoms with E-state index in [4.69, 9.17) is 5.73 Å². The van der Waals surface area contributed by atoms with Crippen molar-refractivity contribution in [3.05, 3.63) is 54.1 Å². The van der Waals surface area contributed by atoms with Gasteiger partial charge < -0.3 is 5.73 Å². The van der Waals surface area contributed by atoms with Crippen LogP contribution in [0.3, 0.4) is 0 Å². The van der Waals surface area contributed by atoms with Crippen LogP contribution in [0.25, 0.3) is 11.1 Å². The lowest BCUT2D eigenvalue weighted by Gasteiger charge is -2.09. The lowest BCUT2D eigenvalue weighted by Crippen LogP contribution is -2.09. The summed E-state index contributed by atoms with van der Waals surface area (Å²) in [6.45, 7) is 1.94. The second kappa shape index (κ2) is 5.64. The van der Waals surface area contributed by atoms with Crippen molar-refractivity contribution in [1.82, 2.24) is 0 Å². The summed E-state index contributed by atoms with van der Waals surface area (Å²) in [6.07, 6.45) is 1.13. The zero-order valence-corrected chi connectivity index (χ0v) is 12.3. The Kier molecular flexibility index (Phi) is 4.11. The highest BCUT2D eigenvalue weighted by Gasteiger charge is 2.04. The number of rotatable bonds is 4. The summed E-state index contributed by atoms with van der Waals surface area (Å²) in [5.41, 5.74) is 9.58. The highest BCUT2D eigenvalue weighted by molar-refractivity contribution is 7.92. The van der Waals surface area contributed by atoms with Crippen LogP contribution < -0.4 is 10.5 Å². The fraction of sp³-hybridized carbons (Fsp3) is 0.200. The van der Waals surface area contributed by atoms with Gasteiger partial charge in [-0.2, -0.15) is 0 Å². The second-order valence-corrected chi connectivity index (χ2v) is 6.61. The van der Waals surface area contributed by atoms with Crippen molar-refractivity contribution in [2.24, 2.45) is 5.73 Å². The molecule has 0 amide bonds. The molecule has 3 N–H and O–H groups in total. The first-order valence-corrected chi connectivity index (χ1v) is 8.18. The molecule has 2 aromatic carbocycles. The molecule has 2 aromatic rings. The maximum absolute atomic E-state index is 11.2. The van der Waals surface area contributed by atoms with E-state index in [2.05, 4.69) is 4.72 Å². The minimum Gasteiger partial charge on any atom is -0.324 e. The molecule has 0 aliphatic carbocycles. The van der Waals surface area contributed by atoms with Gasteiger partial charge in [-0.05, 0) is 41.8 Å². The number of benzene rings is 2. The topological polar surface area (TPSA) is 72.2 Å². The number of nitrogens with one attached hydrogen (secondary N) is 1. The second-order valence-electron chi connectivity index (χ2n) is 4.87. The molecule has 0 saturated heterocycles. The number of anilines is 1. The third-order valence-electron chi connectivity index (χ3n) is 2.93. The Balaban J connectivity index is 2.28. The standard InChI is InChI=1S/C15H18N2O2S/c1-11(16)13-4-3-5-14(10-13)12-6-8-15(9-7-12)17-20(2,18)19/h3-11,17H,16H2,1-2H3. The van der Waals surface area contributed by atoms with Gasteiger partial charge in [0.25, 0.3) is 0 Å². The van der Waals surface area contributed by atoms with Crippen LogP contribution in [-0.2, 0) is 10.0 Å². The van der Waals surface area contributed by atoms with Crippen molar-refractivity contribution in [2.75, 3.05) is 11.0 Å². The molecule has 20 heavy (non-hydrogen) atoms. The molecule has 1 atom stereocenters. The largest absolute Gasteiger partial charge is 0.324 e. The monoisotopic (exact) mass is 290 g/mol. The van der Waals surface area contributed by atoms with Crippen molar-refractivity contribution in [3.8, 4) is 11.1 Å². The van der Waals surface area contributed by atoms with E-state index in [1.165, 1.54) is 0 Å². The summed E-state index contributed by atoms with van der Waals surface area (Å²) in [6, 6.07) is 15.3. The number of hydrogen-bond acceptors (Lipinski definition) is 3. The molecule has 2 rings (SSSR count). The fourth-order valence-corrected chi connectivity index (χ4v) is 2.51. The van der Waals surface area contributed by atoms with Crippen molar-refractivity contribution < 1.29 is 8.42 Å². The summed E-state index contributed by atoms with van der Waals surface area (Å²) in [4.78, 5) is 0. The van der Waals surface area contributed by atoms with E-state index in [0.29, 0.717) is 5.69 Å². The predicted octanol–water partition coefficient (Wildman–Crippen LogP) is 2.74. The lowest BCUT2D eigenvalue weighted by atomic mass is 10.0. The van der Waals surface area contributed by atoms with Gasteiger partial charge in [0.05, 0.1) is 6.26 Å². The molecule has 106 valence electrons. The molecule has 0 radical (unpaired) electrons. The summed E-state index contributed by atoms with van der Waals surface area (Å²) < 4.78 is 24.7. The minimum absolute atomic E-state index is 0.0128. The molecule has 4 nitrogen and oxygen atoms in total. The molecule has 0 bridgehead atoms. The Morgan fingerprint density at radius 2 is 1.70 bits per heavy atom. The molecule has 0 aliphatic rings. The van der Waals surface area contributed by atoms with E-state index in [1.807, 2.05) is 43.3 Å². The molecule has 1 unspecified atom stereocenters. The third-order valence-corrected chi connectivity index (χ3v) is 3.54. The maximum Gasteiger partial charge on any atom is 0.229 e. The van der Waals surface area contributed by atoms with Gasteiger partial charge >= 0.3 is 0 Å². The molecule has 5 heteroatoms. The van der Waals surface area contributed by atoms with E-state index in [0.717, 1.165) is 22.9 Å². The summed E-state index contributed by atoms with van der Waals surface area (Å²) in [5.74, 6) is 0. The smallest absolute Gasteiger partial charge is 0.229 e. The van der Waals surface area contributed by atoms with Crippen molar-refractivity contribution in [3.63, 3.8) is 0 Å². The molecular weight excluding hydrogens is 272 g/mol. The normalized spacial score (nSPS) is 12.9. The Hall–Kier alpha value is -1.85.